The van der Waals surface area contributed by atoms with E-state index in [0.717, 1.165) is 43.6 Å². The second kappa shape index (κ2) is 8.03. The van der Waals surface area contributed by atoms with E-state index in [0.29, 0.717) is 0 Å². The molecule has 4 nitrogen and oxygen atoms in total. The van der Waals surface area contributed by atoms with Gasteiger partial charge >= 0.3 is 0 Å². The maximum Gasteiger partial charge on any atom is 0.258 e. The van der Waals surface area contributed by atoms with Crippen molar-refractivity contribution in [3.05, 3.63) is 58.7 Å². The van der Waals surface area contributed by atoms with Gasteiger partial charge in [-0.2, -0.15) is 0 Å². The van der Waals surface area contributed by atoms with Gasteiger partial charge in [0, 0.05) is 0 Å². The molecule has 0 radical (unpaired) electrons. The molecule has 1 amide bonds. The summed E-state index contributed by atoms with van der Waals surface area (Å²) in [6.45, 7) is 0.0563. The molecule has 0 aliphatic heterocycles. The summed E-state index contributed by atoms with van der Waals surface area (Å²) in [6, 6.07) is 12.4. The van der Waals surface area contributed by atoms with Crippen LogP contribution in [0.4, 0.5) is 0 Å². The van der Waals surface area contributed by atoms with Gasteiger partial charge in [-0.05, 0) is 91.5 Å². The lowest BCUT2D eigenvalue weighted by molar-refractivity contribution is -0.123. The molecular weight excluding hydrogens is 338 g/mol. The van der Waals surface area contributed by atoms with Crippen molar-refractivity contribution in [1.82, 2.24) is 5.32 Å². The van der Waals surface area contributed by atoms with Crippen LogP contribution in [0.5, 0.6) is 11.5 Å². The number of hydrogen-bond donors (Lipinski definition) is 1. The number of methoxy groups -OCH3 is 1. The smallest absolute Gasteiger partial charge is 0.258 e. The Morgan fingerprint density at radius 3 is 2.56 bits per heavy atom. The Balaban J connectivity index is 1.36. The van der Waals surface area contributed by atoms with Gasteiger partial charge in [-0.15, -0.1) is 0 Å². The van der Waals surface area contributed by atoms with Gasteiger partial charge in [-0.3, -0.25) is 4.79 Å². The van der Waals surface area contributed by atoms with Gasteiger partial charge < -0.3 is 14.8 Å². The van der Waals surface area contributed by atoms with E-state index in [-0.39, 0.29) is 18.6 Å². The number of amides is 1. The van der Waals surface area contributed by atoms with Crippen LogP contribution < -0.4 is 14.8 Å². The number of hydrogen-bond acceptors (Lipinski definition) is 3. The third-order valence-corrected chi connectivity index (χ3v) is 5.69. The largest absolute Gasteiger partial charge is 0.497 e. The lowest BCUT2D eigenvalue weighted by Gasteiger charge is -2.27. The molecule has 0 aromatic heterocycles. The number of rotatable bonds is 5. The van der Waals surface area contributed by atoms with Crippen molar-refractivity contribution >= 4 is 5.91 Å². The monoisotopic (exact) mass is 365 g/mol. The molecule has 0 spiro atoms. The van der Waals surface area contributed by atoms with Crippen LogP contribution in [-0.2, 0) is 24.1 Å². The second-order valence-corrected chi connectivity index (χ2v) is 7.50. The zero-order valence-electron chi connectivity index (χ0n) is 15.9. The summed E-state index contributed by atoms with van der Waals surface area (Å²) in [5, 5.41) is 3.14. The van der Waals surface area contributed by atoms with E-state index >= 15 is 0 Å². The van der Waals surface area contributed by atoms with Crippen molar-refractivity contribution in [3.8, 4) is 11.5 Å². The van der Waals surface area contributed by atoms with Crippen LogP contribution in [0, 0.1) is 0 Å². The number of carbonyl (C=O) groups excluding carboxylic acids is 1. The third kappa shape index (κ3) is 4.10. The average molecular weight is 365 g/mol. The van der Waals surface area contributed by atoms with Crippen molar-refractivity contribution < 1.29 is 14.3 Å². The maximum atomic E-state index is 12.4. The highest BCUT2D eigenvalue weighted by molar-refractivity contribution is 5.78. The van der Waals surface area contributed by atoms with Crippen LogP contribution in [0.25, 0.3) is 0 Å². The molecule has 4 heteroatoms. The van der Waals surface area contributed by atoms with E-state index in [4.69, 9.17) is 9.47 Å². The van der Waals surface area contributed by atoms with E-state index in [2.05, 4.69) is 29.6 Å². The Hall–Kier alpha value is -2.49. The minimum absolute atomic E-state index is 0.0549. The number of carbonyl (C=O) groups is 1. The molecule has 0 fully saturated rings. The summed E-state index contributed by atoms with van der Waals surface area (Å²) >= 11 is 0. The van der Waals surface area contributed by atoms with Crippen LogP contribution in [0.15, 0.2) is 36.4 Å². The fraction of sp³-hybridized carbons (Fsp3) is 0.435. The molecular formula is C23H27NO3. The molecule has 2 aromatic carbocycles. The zero-order chi connectivity index (χ0) is 18.6. The number of ether oxygens (including phenoxy) is 2. The van der Waals surface area contributed by atoms with Crippen LogP contribution in [0.1, 0.15) is 54.0 Å². The predicted octanol–water partition coefficient (Wildman–Crippen LogP) is 4.15. The third-order valence-electron chi connectivity index (χ3n) is 5.69. The summed E-state index contributed by atoms with van der Waals surface area (Å²) in [5.41, 5.74) is 5.26. The zero-order valence-corrected chi connectivity index (χ0v) is 15.9. The molecule has 1 atom stereocenters. The van der Waals surface area contributed by atoms with Crippen LogP contribution in [0.3, 0.4) is 0 Å². The molecule has 0 saturated carbocycles. The van der Waals surface area contributed by atoms with Gasteiger partial charge in [0.25, 0.3) is 5.91 Å². The topological polar surface area (TPSA) is 47.6 Å². The first-order valence-corrected chi connectivity index (χ1v) is 9.94. The normalized spacial score (nSPS) is 18.2. The van der Waals surface area contributed by atoms with E-state index in [1.807, 2.05) is 12.1 Å². The predicted molar refractivity (Wildman–Crippen MR) is 105 cm³/mol. The summed E-state index contributed by atoms with van der Waals surface area (Å²) in [5.74, 6) is 1.59. The molecule has 0 bridgehead atoms. The average Bonchev–Trinajstić information content (AvgIpc) is 2.72. The minimum atomic E-state index is -0.0682. The molecule has 2 aromatic rings. The molecule has 0 heterocycles. The van der Waals surface area contributed by atoms with Crippen LogP contribution in [-0.4, -0.2) is 19.6 Å². The standard InChI is InChI=1S/C23H27NO3/c1-26-19-11-12-21-18(14-19)7-4-8-22(21)24-23(25)15-27-20-10-9-16-5-2-3-6-17(16)13-20/h9-14,22H,2-8,15H2,1H3,(H,24,25)/t22-/m0/s1. The Kier molecular flexibility index (Phi) is 5.33. The number of aryl methyl sites for hydroxylation is 3. The molecule has 142 valence electrons. The number of nitrogens with one attached hydrogen (secondary N) is 1. The van der Waals surface area contributed by atoms with Crippen molar-refractivity contribution in [2.24, 2.45) is 0 Å². The first-order chi connectivity index (χ1) is 13.2. The van der Waals surface area contributed by atoms with Gasteiger partial charge in [0.15, 0.2) is 6.61 Å². The first kappa shape index (κ1) is 17.9. The SMILES string of the molecule is COc1ccc2c(c1)CCC[C@@H]2NC(=O)COc1ccc2c(c1)CCCC2. The summed E-state index contributed by atoms with van der Waals surface area (Å²) in [4.78, 5) is 12.4. The van der Waals surface area contributed by atoms with Crippen molar-refractivity contribution in [2.45, 2.75) is 51.0 Å². The molecule has 0 unspecified atom stereocenters. The lowest BCUT2D eigenvalue weighted by Crippen LogP contribution is -2.34. The van der Waals surface area contributed by atoms with E-state index in [1.165, 1.54) is 35.1 Å². The molecule has 4 rings (SSSR count). The highest BCUT2D eigenvalue weighted by Gasteiger charge is 2.22. The van der Waals surface area contributed by atoms with E-state index < -0.39 is 0 Å². The van der Waals surface area contributed by atoms with Crippen LogP contribution >= 0.6 is 0 Å². The highest BCUT2D eigenvalue weighted by atomic mass is 16.5. The second-order valence-electron chi connectivity index (χ2n) is 7.50. The van der Waals surface area contributed by atoms with Gasteiger partial charge in [-0.25, -0.2) is 0 Å². The molecule has 0 saturated heterocycles. The maximum absolute atomic E-state index is 12.4. The Labute approximate surface area is 160 Å². The van der Waals surface area contributed by atoms with Crippen molar-refractivity contribution in [3.63, 3.8) is 0 Å². The lowest BCUT2D eigenvalue weighted by atomic mass is 9.87. The van der Waals surface area contributed by atoms with Crippen molar-refractivity contribution in [1.29, 1.82) is 0 Å². The van der Waals surface area contributed by atoms with Crippen LogP contribution in [0.2, 0.25) is 0 Å². The molecule has 27 heavy (non-hydrogen) atoms. The summed E-state index contributed by atoms with van der Waals surface area (Å²) in [6.07, 6.45) is 7.83. The number of fused-ring (bicyclic) bond motifs is 2. The quantitative estimate of drug-likeness (QED) is 0.866. The van der Waals surface area contributed by atoms with Gasteiger partial charge in [0.05, 0.1) is 13.2 Å². The minimum Gasteiger partial charge on any atom is -0.497 e. The molecule has 2 aliphatic rings. The summed E-state index contributed by atoms with van der Waals surface area (Å²) in [7, 11) is 1.68. The fourth-order valence-electron chi connectivity index (χ4n) is 4.25. The van der Waals surface area contributed by atoms with E-state index in [9.17, 15) is 4.79 Å². The Morgan fingerprint density at radius 2 is 1.70 bits per heavy atom. The fourth-order valence-corrected chi connectivity index (χ4v) is 4.25. The van der Waals surface area contributed by atoms with E-state index in [1.54, 1.807) is 7.11 Å². The highest BCUT2D eigenvalue weighted by Crippen LogP contribution is 2.32. The molecule has 1 N–H and O–H groups in total. The van der Waals surface area contributed by atoms with Gasteiger partial charge in [0.2, 0.25) is 0 Å². The van der Waals surface area contributed by atoms with Crippen molar-refractivity contribution in [2.75, 3.05) is 13.7 Å². The number of benzene rings is 2. The van der Waals surface area contributed by atoms with Gasteiger partial charge in [0.1, 0.15) is 11.5 Å². The van der Waals surface area contributed by atoms with Gasteiger partial charge in [-0.1, -0.05) is 12.1 Å². The molecule has 2 aliphatic carbocycles. The Morgan fingerprint density at radius 1 is 0.963 bits per heavy atom. The Bertz CT molecular complexity index is 830. The summed E-state index contributed by atoms with van der Waals surface area (Å²) < 4.78 is 11.1. The first-order valence-electron chi connectivity index (χ1n) is 9.94.